The van der Waals surface area contributed by atoms with Gasteiger partial charge in [-0.05, 0) is 62.7 Å². The summed E-state index contributed by atoms with van der Waals surface area (Å²) in [4.78, 5) is 4.72. The highest BCUT2D eigenvalue weighted by molar-refractivity contribution is 5.77. The van der Waals surface area contributed by atoms with Gasteiger partial charge in [-0.2, -0.15) is 0 Å². The number of hydrogen-bond acceptors (Lipinski definition) is 2. The zero-order chi connectivity index (χ0) is 17.0. The minimum absolute atomic E-state index is 0.470. The van der Waals surface area contributed by atoms with Gasteiger partial charge in [-0.25, -0.2) is 0 Å². The first-order valence-corrected chi connectivity index (χ1v) is 9.05. The highest BCUT2D eigenvalue weighted by Crippen LogP contribution is 2.37. The quantitative estimate of drug-likeness (QED) is 0.792. The Balaban J connectivity index is 2.60. The van der Waals surface area contributed by atoms with Gasteiger partial charge in [0.05, 0.1) is 0 Å². The zero-order valence-electron chi connectivity index (χ0n) is 15.4. The Morgan fingerprint density at radius 2 is 2.09 bits per heavy atom. The van der Waals surface area contributed by atoms with E-state index < -0.39 is 0 Å². The van der Waals surface area contributed by atoms with Gasteiger partial charge in [-0.3, -0.25) is 4.98 Å². The van der Waals surface area contributed by atoms with Crippen LogP contribution in [0.3, 0.4) is 0 Å². The van der Waals surface area contributed by atoms with Crippen molar-refractivity contribution in [1.82, 2.24) is 10.3 Å². The molecule has 2 nitrogen and oxygen atoms in total. The second-order valence-corrected chi connectivity index (χ2v) is 7.12. The van der Waals surface area contributed by atoms with Crippen LogP contribution in [0.5, 0.6) is 0 Å². The normalized spacial score (nSPS) is 26.8. The van der Waals surface area contributed by atoms with E-state index in [1.807, 2.05) is 6.08 Å². The third-order valence-corrected chi connectivity index (χ3v) is 5.23. The Hall–Kier alpha value is -1.57. The molecule has 1 aliphatic heterocycles. The van der Waals surface area contributed by atoms with Gasteiger partial charge in [-0.1, -0.05) is 39.3 Å². The lowest BCUT2D eigenvalue weighted by atomic mass is 9.80. The fraction of sp³-hybridized carbons (Fsp3) is 0.571. The van der Waals surface area contributed by atoms with Crippen molar-refractivity contribution in [1.29, 1.82) is 0 Å². The van der Waals surface area contributed by atoms with Gasteiger partial charge in [0.2, 0.25) is 0 Å². The number of nitrogens with one attached hydrogen (secondary N) is 1. The van der Waals surface area contributed by atoms with Gasteiger partial charge in [0, 0.05) is 29.2 Å². The van der Waals surface area contributed by atoms with Gasteiger partial charge >= 0.3 is 0 Å². The monoisotopic (exact) mass is 312 g/mol. The van der Waals surface area contributed by atoms with Crippen LogP contribution in [0.2, 0.25) is 0 Å². The summed E-state index contributed by atoms with van der Waals surface area (Å²) >= 11 is 0. The van der Waals surface area contributed by atoms with Crippen molar-refractivity contribution in [2.24, 2.45) is 5.92 Å². The van der Waals surface area contributed by atoms with E-state index in [9.17, 15) is 0 Å². The lowest BCUT2D eigenvalue weighted by Crippen LogP contribution is -2.28. The Bertz CT molecular complexity index is 586. The summed E-state index contributed by atoms with van der Waals surface area (Å²) in [5.74, 6) is 1.24. The molecule has 2 heteroatoms. The summed E-state index contributed by atoms with van der Waals surface area (Å²) in [5.41, 5.74) is 6.18. The van der Waals surface area contributed by atoms with Gasteiger partial charge in [0.1, 0.15) is 0 Å². The van der Waals surface area contributed by atoms with Crippen LogP contribution in [0.4, 0.5) is 0 Å². The van der Waals surface area contributed by atoms with E-state index in [0.717, 1.165) is 11.4 Å². The smallest absolute Gasteiger partial charge is 0.0457 e. The standard InChI is InChI=1S/C21H32N2/c1-7-9-10-19-11-14(3)16(5)22-13-18(8-2)21-17(6)23-15(4)12-20(19)21/h8,12-14,16,19,22H,2,7,9-11H2,1,3-6H3/b18-13-. The molecule has 0 radical (unpaired) electrons. The third-order valence-electron chi connectivity index (χ3n) is 5.23. The average Bonchev–Trinajstić information content (AvgIpc) is 2.56. The molecule has 23 heavy (non-hydrogen) atoms. The maximum atomic E-state index is 4.72. The van der Waals surface area contributed by atoms with Gasteiger partial charge in [-0.15, -0.1) is 0 Å². The number of rotatable bonds is 4. The molecule has 3 atom stereocenters. The molecule has 1 aliphatic rings. The van der Waals surface area contributed by atoms with E-state index in [2.05, 4.69) is 58.8 Å². The molecular formula is C21H32N2. The maximum Gasteiger partial charge on any atom is 0.0457 e. The molecule has 2 heterocycles. The van der Waals surface area contributed by atoms with Crippen molar-refractivity contribution in [2.75, 3.05) is 0 Å². The van der Waals surface area contributed by atoms with E-state index in [0.29, 0.717) is 17.9 Å². The topological polar surface area (TPSA) is 24.9 Å². The summed E-state index contributed by atoms with van der Waals surface area (Å²) in [6, 6.07) is 2.78. The Morgan fingerprint density at radius 3 is 2.74 bits per heavy atom. The lowest BCUT2D eigenvalue weighted by Gasteiger charge is -2.26. The van der Waals surface area contributed by atoms with Crippen LogP contribution in [0.1, 0.15) is 74.9 Å². The first-order valence-electron chi connectivity index (χ1n) is 9.05. The van der Waals surface area contributed by atoms with E-state index in [4.69, 9.17) is 4.98 Å². The number of pyridine rings is 1. The lowest BCUT2D eigenvalue weighted by molar-refractivity contribution is 0.367. The SMILES string of the molecule is C=C/C1=C/NC(C)C(C)CC(CCCC)c2cc(C)nc(C)c21. The van der Waals surface area contributed by atoms with Crippen LogP contribution >= 0.6 is 0 Å². The van der Waals surface area contributed by atoms with E-state index in [1.54, 1.807) is 0 Å². The number of nitrogens with zero attached hydrogens (tertiary/aromatic N) is 1. The van der Waals surface area contributed by atoms with Crippen molar-refractivity contribution in [3.8, 4) is 0 Å². The van der Waals surface area contributed by atoms with Gasteiger partial charge < -0.3 is 5.32 Å². The van der Waals surface area contributed by atoms with Crippen LogP contribution in [0.25, 0.3) is 5.57 Å². The van der Waals surface area contributed by atoms with Crippen LogP contribution < -0.4 is 5.32 Å². The first-order chi connectivity index (χ1) is 11.0. The summed E-state index contributed by atoms with van der Waals surface area (Å²) < 4.78 is 0. The van der Waals surface area contributed by atoms with Crippen LogP contribution in [-0.2, 0) is 0 Å². The zero-order valence-corrected chi connectivity index (χ0v) is 15.4. The predicted molar refractivity (Wildman–Crippen MR) is 101 cm³/mol. The molecule has 126 valence electrons. The van der Waals surface area contributed by atoms with Crippen LogP contribution in [-0.4, -0.2) is 11.0 Å². The summed E-state index contributed by atoms with van der Waals surface area (Å²) in [7, 11) is 0. The number of unbranched alkanes of at least 4 members (excludes halogenated alkanes) is 1. The van der Waals surface area contributed by atoms with Crippen LogP contribution in [0, 0.1) is 19.8 Å². The number of aryl methyl sites for hydroxylation is 2. The van der Waals surface area contributed by atoms with E-state index >= 15 is 0 Å². The second-order valence-electron chi connectivity index (χ2n) is 7.12. The van der Waals surface area contributed by atoms with Crippen molar-refractivity contribution >= 4 is 5.57 Å². The molecule has 0 aromatic carbocycles. The Labute approximate surface area is 142 Å². The molecule has 0 amide bonds. The highest BCUT2D eigenvalue weighted by atomic mass is 14.9. The van der Waals surface area contributed by atoms with E-state index in [1.165, 1.54) is 42.4 Å². The summed E-state index contributed by atoms with van der Waals surface area (Å²) in [6.45, 7) is 15.2. The number of allylic oxidation sites excluding steroid dienone is 2. The molecule has 0 spiro atoms. The molecule has 0 saturated heterocycles. The molecule has 0 fully saturated rings. The number of aromatic nitrogens is 1. The number of hydrogen-bond donors (Lipinski definition) is 1. The van der Waals surface area contributed by atoms with Crippen molar-refractivity contribution < 1.29 is 0 Å². The van der Waals surface area contributed by atoms with Crippen molar-refractivity contribution in [3.05, 3.63) is 47.4 Å². The first kappa shape index (κ1) is 17.8. The molecule has 0 bridgehead atoms. The molecule has 2 rings (SSSR count). The highest BCUT2D eigenvalue weighted by Gasteiger charge is 2.25. The Morgan fingerprint density at radius 1 is 1.35 bits per heavy atom. The molecule has 3 unspecified atom stereocenters. The predicted octanol–water partition coefficient (Wildman–Crippen LogP) is 5.52. The fourth-order valence-corrected chi connectivity index (χ4v) is 3.68. The van der Waals surface area contributed by atoms with Gasteiger partial charge in [0.15, 0.2) is 0 Å². The second kappa shape index (κ2) is 7.81. The third kappa shape index (κ3) is 4.04. The molecule has 1 N–H and O–H groups in total. The fourth-order valence-electron chi connectivity index (χ4n) is 3.68. The maximum absolute atomic E-state index is 4.72. The molecule has 1 aromatic heterocycles. The minimum atomic E-state index is 0.470. The minimum Gasteiger partial charge on any atom is -0.388 e. The van der Waals surface area contributed by atoms with Crippen LogP contribution in [0.15, 0.2) is 24.9 Å². The van der Waals surface area contributed by atoms with Crippen molar-refractivity contribution in [2.45, 2.75) is 72.3 Å². The molecular weight excluding hydrogens is 280 g/mol. The van der Waals surface area contributed by atoms with Crippen molar-refractivity contribution in [3.63, 3.8) is 0 Å². The Kier molecular flexibility index (Phi) is 6.04. The van der Waals surface area contributed by atoms with Gasteiger partial charge in [0.25, 0.3) is 0 Å². The summed E-state index contributed by atoms with van der Waals surface area (Å²) in [5, 5.41) is 3.57. The van der Waals surface area contributed by atoms with E-state index in [-0.39, 0.29) is 0 Å². The molecule has 0 saturated carbocycles. The number of fused-ring (bicyclic) bond motifs is 1. The largest absolute Gasteiger partial charge is 0.388 e. The molecule has 1 aromatic rings. The molecule has 0 aliphatic carbocycles. The average molecular weight is 313 g/mol. The summed E-state index contributed by atoms with van der Waals surface area (Å²) in [6.07, 6.45) is 9.12.